The van der Waals surface area contributed by atoms with Gasteiger partial charge in [0.2, 0.25) is 0 Å². The fraction of sp³-hybridized carbons (Fsp3) is 0.500. The number of ketones is 1. The normalized spacial score (nSPS) is 17.4. The topological polar surface area (TPSA) is 55.1 Å². The molecule has 1 aromatic heterocycles. The summed E-state index contributed by atoms with van der Waals surface area (Å²) in [6.45, 7) is 3.29. The maximum absolute atomic E-state index is 10.8. The van der Waals surface area contributed by atoms with Crippen LogP contribution in [0.4, 0.5) is 0 Å². The zero-order valence-corrected chi connectivity index (χ0v) is 6.83. The third-order valence-corrected chi connectivity index (χ3v) is 2.01. The number of hydrogen-bond donors (Lipinski definition) is 1. The number of oxazole rings is 1. The smallest absolute Gasteiger partial charge is 0.200 e. The lowest BCUT2D eigenvalue weighted by molar-refractivity contribution is 0.101. The van der Waals surface area contributed by atoms with Gasteiger partial charge >= 0.3 is 0 Å². The third kappa shape index (κ3) is 1.14. The van der Waals surface area contributed by atoms with E-state index in [4.69, 9.17) is 4.42 Å². The Labute approximate surface area is 70.0 Å². The molecule has 1 fully saturated rings. The molecule has 1 aliphatic rings. The molecule has 1 aromatic rings. The minimum Gasteiger partial charge on any atom is -0.448 e. The van der Waals surface area contributed by atoms with Crippen LogP contribution in [0.15, 0.2) is 10.7 Å². The highest BCUT2D eigenvalue weighted by Crippen LogP contribution is 2.18. The van der Waals surface area contributed by atoms with Gasteiger partial charge in [-0.3, -0.25) is 4.79 Å². The Hall–Kier alpha value is -1.16. The molecule has 0 aromatic carbocycles. The van der Waals surface area contributed by atoms with Crippen LogP contribution in [0.2, 0.25) is 0 Å². The standard InChI is InChI=1S/C8H10N2O2/c1-5(11)7-4-12-8(10-7)6-2-9-3-6/h4,6,9H,2-3H2,1H3. The molecule has 0 aliphatic carbocycles. The Bertz CT molecular complexity index is 302. The van der Waals surface area contributed by atoms with E-state index in [1.165, 1.54) is 13.2 Å². The van der Waals surface area contributed by atoms with Crippen molar-refractivity contribution >= 4 is 5.78 Å². The van der Waals surface area contributed by atoms with Crippen molar-refractivity contribution in [1.29, 1.82) is 0 Å². The van der Waals surface area contributed by atoms with Gasteiger partial charge in [0.05, 0.1) is 5.92 Å². The van der Waals surface area contributed by atoms with Crippen LogP contribution >= 0.6 is 0 Å². The Morgan fingerprint density at radius 2 is 2.50 bits per heavy atom. The highest BCUT2D eigenvalue weighted by atomic mass is 16.3. The monoisotopic (exact) mass is 166 g/mol. The van der Waals surface area contributed by atoms with E-state index in [9.17, 15) is 4.79 Å². The third-order valence-electron chi connectivity index (χ3n) is 2.01. The average Bonchev–Trinajstić information content (AvgIpc) is 2.32. The summed E-state index contributed by atoms with van der Waals surface area (Å²) in [5.74, 6) is 0.995. The lowest BCUT2D eigenvalue weighted by Gasteiger charge is -2.23. The molecule has 0 atom stereocenters. The van der Waals surface area contributed by atoms with Crippen molar-refractivity contribution in [2.24, 2.45) is 0 Å². The molecule has 0 radical (unpaired) electrons. The predicted octanol–water partition coefficient (Wildman–Crippen LogP) is 0.564. The van der Waals surface area contributed by atoms with E-state index in [1.54, 1.807) is 0 Å². The number of hydrogen-bond acceptors (Lipinski definition) is 4. The van der Waals surface area contributed by atoms with Gasteiger partial charge in [0.1, 0.15) is 12.0 Å². The first-order chi connectivity index (χ1) is 5.77. The predicted molar refractivity (Wildman–Crippen MR) is 42.1 cm³/mol. The quantitative estimate of drug-likeness (QED) is 0.652. The van der Waals surface area contributed by atoms with Gasteiger partial charge in [-0.15, -0.1) is 0 Å². The van der Waals surface area contributed by atoms with Gasteiger partial charge in [0.25, 0.3) is 0 Å². The van der Waals surface area contributed by atoms with E-state index in [1.807, 2.05) is 0 Å². The number of nitrogens with one attached hydrogen (secondary N) is 1. The van der Waals surface area contributed by atoms with Gasteiger partial charge < -0.3 is 9.73 Å². The van der Waals surface area contributed by atoms with Gasteiger partial charge in [0.15, 0.2) is 11.7 Å². The summed E-state index contributed by atoms with van der Waals surface area (Å²) in [6, 6.07) is 0. The summed E-state index contributed by atoms with van der Waals surface area (Å²) < 4.78 is 5.16. The SMILES string of the molecule is CC(=O)c1coc(C2CNC2)n1. The van der Waals surface area contributed by atoms with Crippen molar-refractivity contribution in [2.75, 3.05) is 13.1 Å². The number of carbonyl (C=O) groups is 1. The molecule has 4 nitrogen and oxygen atoms in total. The van der Waals surface area contributed by atoms with Crippen LogP contribution in [0.1, 0.15) is 29.2 Å². The second-order valence-corrected chi connectivity index (χ2v) is 2.98. The maximum Gasteiger partial charge on any atom is 0.200 e. The van der Waals surface area contributed by atoms with E-state index in [0.29, 0.717) is 17.5 Å². The lowest BCUT2D eigenvalue weighted by Crippen LogP contribution is -2.40. The summed E-state index contributed by atoms with van der Waals surface area (Å²) in [4.78, 5) is 14.9. The molecule has 2 heterocycles. The molecular formula is C8H10N2O2. The minimum atomic E-state index is -0.0442. The highest BCUT2D eigenvalue weighted by molar-refractivity contribution is 5.91. The number of Topliss-reactive ketones (excluding diaryl/α,β-unsaturated/α-hetero) is 1. The molecule has 0 amide bonds. The zero-order chi connectivity index (χ0) is 8.55. The van der Waals surface area contributed by atoms with Crippen LogP contribution in [0, 0.1) is 0 Å². The van der Waals surface area contributed by atoms with E-state index in [2.05, 4.69) is 10.3 Å². The largest absolute Gasteiger partial charge is 0.448 e. The molecule has 2 rings (SSSR count). The maximum atomic E-state index is 10.8. The van der Waals surface area contributed by atoms with E-state index in [0.717, 1.165) is 13.1 Å². The first-order valence-electron chi connectivity index (χ1n) is 3.94. The van der Waals surface area contributed by atoms with Crippen molar-refractivity contribution in [3.8, 4) is 0 Å². The Morgan fingerprint density at radius 3 is 2.92 bits per heavy atom. The van der Waals surface area contributed by atoms with Crippen LogP contribution in [0.5, 0.6) is 0 Å². The van der Waals surface area contributed by atoms with Gasteiger partial charge in [-0.05, 0) is 0 Å². The van der Waals surface area contributed by atoms with Crippen LogP contribution in [0.25, 0.3) is 0 Å². The summed E-state index contributed by atoms with van der Waals surface area (Å²) in [7, 11) is 0. The van der Waals surface area contributed by atoms with Gasteiger partial charge in [-0.25, -0.2) is 4.98 Å². The molecule has 0 bridgehead atoms. The molecule has 0 saturated carbocycles. The first kappa shape index (κ1) is 7.49. The minimum absolute atomic E-state index is 0.0442. The molecule has 12 heavy (non-hydrogen) atoms. The van der Waals surface area contributed by atoms with E-state index < -0.39 is 0 Å². The summed E-state index contributed by atoms with van der Waals surface area (Å²) in [5, 5.41) is 3.11. The van der Waals surface area contributed by atoms with Crippen LogP contribution in [-0.2, 0) is 0 Å². The fourth-order valence-electron chi connectivity index (χ4n) is 1.10. The molecule has 1 N–H and O–H groups in total. The first-order valence-corrected chi connectivity index (χ1v) is 3.94. The molecule has 0 unspecified atom stereocenters. The fourth-order valence-corrected chi connectivity index (χ4v) is 1.10. The molecule has 1 saturated heterocycles. The van der Waals surface area contributed by atoms with E-state index >= 15 is 0 Å². The zero-order valence-electron chi connectivity index (χ0n) is 6.83. The van der Waals surface area contributed by atoms with Crippen molar-refractivity contribution in [1.82, 2.24) is 10.3 Å². The number of rotatable bonds is 2. The molecule has 0 spiro atoms. The van der Waals surface area contributed by atoms with Gasteiger partial charge in [-0.2, -0.15) is 0 Å². The lowest BCUT2D eigenvalue weighted by atomic mass is 10.0. The van der Waals surface area contributed by atoms with Crippen molar-refractivity contribution in [3.05, 3.63) is 17.8 Å². The van der Waals surface area contributed by atoms with E-state index in [-0.39, 0.29) is 5.78 Å². The average molecular weight is 166 g/mol. The van der Waals surface area contributed by atoms with Gasteiger partial charge in [0, 0.05) is 20.0 Å². The number of carbonyl (C=O) groups excluding carboxylic acids is 1. The Morgan fingerprint density at radius 1 is 1.75 bits per heavy atom. The van der Waals surface area contributed by atoms with Crippen LogP contribution < -0.4 is 5.32 Å². The second-order valence-electron chi connectivity index (χ2n) is 2.98. The number of aromatic nitrogens is 1. The number of nitrogens with zero attached hydrogens (tertiary/aromatic N) is 1. The van der Waals surface area contributed by atoms with Crippen molar-refractivity contribution < 1.29 is 9.21 Å². The van der Waals surface area contributed by atoms with Crippen LogP contribution in [0.3, 0.4) is 0 Å². The van der Waals surface area contributed by atoms with Gasteiger partial charge in [-0.1, -0.05) is 0 Å². The summed E-state index contributed by atoms with van der Waals surface area (Å²) >= 11 is 0. The highest BCUT2D eigenvalue weighted by Gasteiger charge is 2.24. The molecule has 4 heteroatoms. The summed E-state index contributed by atoms with van der Waals surface area (Å²) in [6.07, 6.45) is 1.43. The van der Waals surface area contributed by atoms with Crippen LogP contribution in [-0.4, -0.2) is 23.9 Å². The Balaban J connectivity index is 2.17. The van der Waals surface area contributed by atoms with Crippen molar-refractivity contribution in [2.45, 2.75) is 12.8 Å². The molecule has 1 aliphatic heterocycles. The Kier molecular flexibility index (Phi) is 1.69. The van der Waals surface area contributed by atoms with Crippen molar-refractivity contribution in [3.63, 3.8) is 0 Å². The molecule has 64 valence electrons. The molecular weight excluding hydrogens is 156 g/mol. The second kappa shape index (κ2) is 2.71. The summed E-state index contributed by atoms with van der Waals surface area (Å²) in [5.41, 5.74) is 0.428.